The molecule has 0 aromatic heterocycles. The maximum absolute atomic E-state index is 13.8. The summed E-state index contributed by atoms with van der Waals surface area (Å²) in [4.78, 5) is 27.5. The second-order valence-electron chi connectivity index (χ2n) is 9.37. The predicted octanol–water partition coefficient (Wildman–Crippen LogP) is 5.51. The minimum absolute atomic E-state index is 0.0188. The van der Waals surface area contributed by atoms with Crippen molar-refractivity contribution in [1.82, 2.24) is 15.5 Å². The maximum Gasteiger partial charge on any atom is 0.230 e. The van der Waals surface area contributed by atoms with E-state index < -0.39 is 5.41 Å². The molecule has 1 heterocycles. The highest BCUT2D eigenvalue weighted by molar-refractivity contribution is 6.42. The highest BCUT2D eigenvalue weighted by Gasteiger charge is 2.37. The summed E-state index contributed by atoms with van der Waals surface area (Å²) >= 11 is 12.5. The van der Waals surface area contributed by atoms with Crippen LogP contribution in [0.5, 0.6) is 0 Å². The number of nitrogens with one attached hydrogen (secondary N) is 2. The number of rotatable bonds is 9. The van der Waals surface area contributed by atoms with E-state index in [-0.39, 0.29) is 23.9 Å². The number of amides is 2. The molecule has 3 rings (SSSR count). The Bertz CT molecular complexity index is 977. The molecule has 0 saturated carbocycles. The van der Waals surface area contributed by atoms with Gasteiger partial charge in [-0.3, -0.25) is 9.59 Å². The number of hydrogen-bond acceptors (Lipinski definition) is 3. The van der Waals surface area contributed by atoms with E-state index >= 15 is 0 Å². The van der Waals surface area contributed by atoms with E-state index in [1.165, 1.54) is 0 Å². The Morgan fingerprint density at radius 3 is 2.35 bits per heavy atom. The molecule has 184 valence electrons. The predicted molar refractivity (Wildman–Crippen MR) is 139 cm³/mol. The van der Waals surface area contributed by atoms with Crippen molar-refractivity contribution in [3.63, 3.8) is 0 Å². The Hall–Kier alpha value is -2.08. The van der Waals surface area contributed by atoms with Gasteiger partial charge in [-0.1, -0.05) is 66.5 Å². The lowest BCUT2D eigenvalue weighted by Crippen LogP contribution is -2.48. The largest absolute Gasteiger partial charge is 0.354 e. The van der Waals surface area contributed by atoms with Gasteiger partial charge >= 0.3 is 0 Å². The molecule has 1 unspecified atom stereocenters. The fourth-order valence-electron chi connectivity index (χ4n) is 4.62. The van der Waals surface area contributed by atoms with Crippen LogP contribution in [0.15, 0.2) is 48.5 Å². The van der Waals surface area contributed by atoms with Crippen LogP contribution in [0.4, 0.5) is 0 Å². The van der Waals surface area contributed by atoms with E-state index in [9.17, 15) is 9.59 Å². The van der Waals surface area contributed by atoms with Crippen molar-refractivity contribution in [2.75, 3.05) is 19.6 Å². The topological polar surface area (TPSA) is 61.4 Å². The van der Waals surface area contributed by atoms with Gasteiger partial charge in [0.05, 0.1) is 21.5 Å². The van der Waals surface area contributed by atoms with Crippen molar-refractivity contribution >= 4 is 35.0 Å². The van der Waals surface area contributed by atoms with Crippen molar-refractivity contribution in [3.05, 3.63) is 69.7 Å². The molecule has 1 aliphatic rings. The number of likely N-dealkylation sites (tertiary alicyclic amines) is 1. The van der Waals surface area contributed by atoms with Gasteiger partial charge in [0.2, 0.25) is 11.8 Å². The molecular weight excluding hydrogens is 469 g/mol. The Morgan fingerprint density at radius 2 is 1.76 bits per heavy atom. The molecule has 2 amide bonds. The maximum atomic E-state index is 13.8. The van der Waals surface area contributed by atoms with Crippen LogP contribution < -0.4 is 10.6 Å². The van der Waals surface area contributed by atoms with Crippen LogP contribution in [-0.4, -0.2) is 42.4 Å². The van der Waals surface area contributed by atoms with Crippen LogP contribution in [0.25, 0.3) is 0 Å². The second-order valence-corrected chi connectivity index (χ2v) is 10.2. The third kappa shape index (κ3) is 6.74. The van der Waals surface area contributed by atoms with Gasteiger partial charge in [-0.05, 0) is 62.4 Å². The van der Waals surface area contributed by atoms with Crippen LogP contribution in [0.2, 0.25) is 10.0 Å². The van der Waals surface area contributed by atoms with Crippen molar-refractivity contribution in [1.29, 1.82) is 0 Å². The van der Waals surface area contributed by atoms with Crippen LogP contribution in [0.3, 0.4) is 0 Å². The number of carbonyl (C=O) groups is 2. The zero-order chi connectivity index (χ0) is 24.7. The molecule has 1 aliphatic heterocycles. The minimum Gasteiger partial charge on any atom is -0.354 e. The fourth-order valence-corrected chi connectivity index (χ4v) is 4.92. The number of nitrogens with zero attached hydrogens (tertiary/aromatic N) is 1. The molecule has 0 bridgehead atoms. The molecule has 2 aromatic rings. The quantitative estimate of drug-likeness (QED) is 0.474. The van der Waals surface area contributed by atoms with Crippen molar-refractivity contribution in [2.45, 2.75) is 64.0 Å². The molecule has 0 spiro atoms. The highest BCUT2D eigenvalue weighted by atomic mass is 35.5. The first-order chi connectivity index (χ1) is 16.2. The lowest BCUT2D eigenvalue weighted by Gasteiger charge is -2.36. The fraction of sp³-hybridized carbons (Fsp3) is 0.481. The van der Waals surface area contributed by atoms with E-state index in [1.807, 2.05) is 49.4 Å². The summed E-state index contributed by atoms with van der Waals surface area (Å²) in [5.41, 5.74) is 1.18. The second kappa shape index (κ2) is 12.1. The zero-order valence-electron chi connectivity index (χ0n) is 20.2. The number of halogens is 2. The van der Waals surface area contributed by atoms with E-state index in [2.05, 4.69) is 22.5 Å². The van der Waals surface area contributed by atoms with Gasteiger partial charge in [0.25, 0.3) is 0 Å². The summed E-state index contributed by atoms with van der Waals surface area (Å²) < 4.78 is 0. The van der Waals surface area contributed by atoms with Crippen LogP contribution >= 0.6 is 23.2 Å². The molecule has 2 aromatic carbocycles. The number of piperidine rings is 1. The molecule has 1 saturated heterocycles. The standard InChI is InChI=1S/C27H35Cl2N3O2/c1-4-25(20-8-6-5-7-9-20)31-26(34)27(3,21-10-11-23(28)24(29)18-21)14-17-32-15-12-22(13-16-32)30-19(2)33/h5-11,18,22,25H,4,12-17H2,1-3H3,(H,30,33)(H,31,34)/t25-,27?/m0/s1. The Labute approximate surface area is 213 Å². The SMILES string of the molecule is CC[C@H](NC(=O)C(C)(CCN1CCC(NC(C)=O)CC1)c1ccc(Cl)c(Cl)c1)c1ccccc1. The van der Waals surface area contributed by atoms with Gasteiger partial charge in [-0.25, -0.2) is 0 Å². The van der Waals surface area contributed by atoms with E-state index in [4.69, 9.17) is 23.2 Å². The van der Waals surface area contributed by atoms with E-state index in [0.29, 0.717) is 16.5 Å². The van der Waals surface area contributed by atoms with Gasteiger partial charge in [0.1, 0.15) is 0 Å². The third-order valence-electron chi connectivity index (χ3n) is 6.90. The first-order valence-electron chi connectivity index (χ1n) is 12.0. The molecule has 0 radical (unpaired) electrons. The summed E-state index contributed by atoms with van der Waals surface area (Å²) in [6, 6.07) is 15.7. The lowest BCUT2D eigenvalue weighted by atomic mass is 9.77. The van der Waals surface area contributed by atoms with Gasteiger partial charge in [-0.2, -0.15) is 0 Å². The summed E-state index contributed by atoms with van der Waals surface area (Å²) in [6.07, 6.45) is 3.28. The molecule has 7 heteroatoms. The van der Waals surface area contributed by atoms with Crippen LogP contribution in [-0.2, 0) is 15.0 Å². The number of hydrogen-bond donors (Lipinski definition) is 2. The first kappa shape index (κ1) is 26.5. The zero-order valence-corrected chi connectivity index (χ0v) is 21.8. The molecule has 1 fully saturated rings. The molecule has 2 atom stereocenters. The first-order valence-corrected chi connectivity index (χ1v) is 12.8. The van der Waals surface area contributed by atoms with Crippen molar-refractivity contribution in [2.24, 2.45) is 0 Å². The molecule has 5 nitrogen and oxygen atoms in total. The number of carbonyl (C=O) groups excluding carboxylic acids is 2. The van der Waals surface area contributed by atoms with Gasteiger partial charge in [-0.15, -0.1) is 0 Å². The van der Waals surface area contributed by atoms with Gasteiger partial charge < -0.3 is 15.5 Å². The van der Waals surface area contributed by atoms with Gasteiger partial charge in [0.15, 0.2) is 0 Å². The Kier molecular flexibility index (Phi) is 9.40. The average Bonchev–Trinajstić information content (AvgIpc) is 2.83. The summed E-state index contributed by atoms with van der Waals surface area (Å²) in [7, 11) is 0. The van der Waals surface area contributed by atoms with Crippen molar-refractivity contribution in [3.8, 4) is 0 Å². The Balaban J connectivity index is 1.76. The van der Waals surface area contributed by atoms with Gasteiger partial charge in [0, 0.05) is 26.1 Å². The number of benzene rings is 2. The molecule has 2 N–H and O–H groups in total. The summed E-state index contributed by atoms with van der Waals surface area (Å²) in [6.45, 7) is 8.19. The summed E-state index contributed by atoms with van der Waals surface area (Å²) in [5.74, 6) is 0.000863. The van der Waals surface area contributed by atoms with Crippen LogP contribution in [0, 0.1) is 0 Å². The molecular formula is C27H35Cl2N3O2. The molecule has 0 aliphatic carbocycles. The lowest BCUT2D eigenvalue weighted by molar-refractivity contribution is -0.127. The third-order valence-corrected chi connectivity index (χ3v) is 7.64. The highest BCUT2D eigenvalue weighted by Crippen LogP contribution is 2.34. The van der Waals surface area contributed by atoms with E-state index in [1.54, 1.807) is 13.0 Å². The normalized spacial score (nSPS) is 17.6. The summed E-state index contributed by atoms with van der Waals surface area (Å²) in [5, 5.41) is 7.23. The molecule has 34 heavy (non-hydrogen) atoms. The van der Waals surface area contributed by atoms with Crippen LogP contribution in [0.1, 0.15) is 63.6 Å². The van der Waals surface area contributed by atoms with Crippen molar-refractivity contribution < 1.29 is 9.59 Å². The van der Waals surface area contributed by atoms with E-state index in [0.717, 1.165) is 50.0 Å². The minimum atomic E-state index is -0.773. The average molecular weight is 505 g/mol. The monoisotopic (exact) mass is 503 g/mol. The Morgan fingerprint density at radius 1 is 1.09 bits per heavy atom. The smallest absolute Gasteiger partial charge is 0.230 e.